The van der Waals surface area contributed by atoms with E-state index in [1.807, 2.05) is 52.0 Å². The average Bonchev–Trinajstić information content (AvgIpc) is 2.29. The number of aryl methyl sites for hydroxylation is 1. The molecule has 0 saturated heterocycles. The summed E-state index contributed by atoms with van der Waals surface area (Å²) in [6.45, 7) is 8.54. The van der Waals surface area contributed by atoms with E-state index in [1.54, 1.807) is 0 Å². The summed E-state index contributed by atoms with van der Waals surface area (Å²) in [7, 11) is 0. The second-order valence-electron chi connectivity index (χ2n) is 5.67. The number of hydrogen-bond donors (Lipinski definition) is 2. The quantitative estimate of drug-likeness (QED) is 0.878. The van der Waals surface area contributed by atoms with E-state index in [1.165, 1.54) is 11.1 Å². The van der Waals surface area contributed by atoms with E-state index in [2.05, 4.69) is 5.32 Å². The summed E-state index contributed by atoms with van der Waals surface area (Å²) in [5, 5.41) is 2.77. The number of alkyl carbamates (subject to hydrolysis) is 1. The van der Waals surface area contributed by atoms with Crippen LogP contribution in [0.2, 0.25) is 0 Å². The van der Waals surface area contributed by atoms with Crippen LogP contribution >= 0.6 is 0 Å². The molecule has 0 radical (unpaired) electrons. The molecule has 106 valence electrons. The molecule has 0 aliphatic heterocycles. The second kappa shape index (κ2) is 6.57. The molecule has 3 N–H and O–H groups in total. The molecule has 0 fully saturated rings. The van der Waals surface area contributed by atoms with Crippen molar-refractivity contribution in [3.05, 3.63) is 35.4 Å². The molecule has 1 atom stereocenters. The van der Waals surface area contributed by atoms with Gasteiger partial charge in [-0.15, -0.1) is 0 Å². The largest absolute Gasteiger partial charge is 0.444 e. The predicted octanol–water partition coefficient (Wildman–Crippen LogP) is 2.56. The first-order chi connectivity index (χ1) is 8.83. The van der Waals surface area contributed by atoms with Crippen LogP contribution < -0.4 is 11.1 Å². The van der Waals surface area contributed by atoms with Gasteiger partial charge in [0.2, 0.25) is 0 Å². The minimum atomic E-state index is -0.481. The fourth-order valence-electron chi connectivity index (χ4n) is 1.89. The van der Waals surface area contributed by atoms with Crippen LogP contribution in [0.3, 0.4) is 0 Å². The number of carbonyl (C=O) groups is 1. The molecular formula is C15H24N2O2. The molecule has 0 heterocycles. The van der Waals surface area contributed by atoms with Crippen molar-refractivity contribution in [2.45, 2.75) is 39.2 Å². The number of hydrogen-bond acceptors (Lipinski definition) is 3. The Bertz CT molecular complexity index is 424. The molecule has 0 aromatic heterocycles. The van der Waals surface area contributed by atoms with Crippen molar-refractivity contribution in [2.24, 2.45) is 5.73 Å². The summed E-state index contributed by atoms with van der Waals surface area (Å²) in [5.41, 5.74) is 7.67. The minimum absolute atomic E-state index is 0.105. The van der Waals surface area contributed by atoms with Crippen LogP contribution in [0.4, 0.5) is 4.79 Å². The number of amides is 1. The maximum absolute atomic E-state index is 11.6. The lowest BCUT2D eigenvalue weighted by Gasteiger charge is -2.22. The summed E-state index contributed by atoms with van der Waals surface area (Å²) in [6, 6.07) is 8.07. The highest BCUT2D eigenvalue weighted by Gasteiger charge is 2.18. The van der Waals surface area contributed by atoms with Gasteiger partial charge in [-0.3, -0.25) is 0 Å². The Morgan fingerprint density at radius 2 is 2.00 bits per heavy atom. The molecule has 0 spiro atoms. The van der Waals surface area contributed by atoms with Gasteiger partial charge in [0.05, 0.1) is 0 Å². The first-order valence-electron chi connectivity index (χ1n) is 6.56. The van der Waals surface area contributed by atoms with E-state index in [0.29, 0.717) is 13.1 Å². The summed E-state index contributed by atoms with van der Waals surface area (Å²) in [6.07, 6.45) is -0.403. The molecule has 4 heteroatoms. The number of benzene rings is 1. The van der Waals surface area contributed by atoms with Crippen LogP contribution in [-0.2, 0) is 4.74 Å². The molecule has 19 heavy (non-hydrogen) atoms. The molecule has 0 bridgehead atoms. The molecule has 0 saturated carbocycles. The minimum Gasteiger partial charge on any atom is -0.444 e. The maximum atomic E-state index is 11.6. The van der Waals surface area contributed by atoms with Crippen molar-refractivity contribution < 1.29 is 9.53 Å². The van der Waals surface area contributed by atoms with Gasteiger partial charge in [-0.1, -0.05) is 24.3 Å². The van der Waals surface area contributed by atoms with E-state index in [4.69, 9.17) is 10.5 Å². The van der Waals surface area contributed by atoms with Gasteiger partial charge in [-0.05, 0) is 38.8 Å². The number of nitrogens with two attached hydrogens (primary N) is 1. The van der Waals surface area contributed by atoms with Gasteiger partial charge in [0.25, 0.3) is 0 Å². The zero-order valence-electron chi connectivity index (χ0n) is 12.2. The average molecular weight is 264 g/mol. The highest BCUT2D eigenvalue weighted by molar-refractivity contribution is 5.67. The van der Waals surface area contributed by atoms with Gasteiger partial charge >= 0.3 is 6.09 Å². The number of rotatable bonds is 4. The van der Waals surface area contributed by atoms with Crippen LogP contribution in [0.15, 0.2) is 24.3 Å². The van der Waals surface area contributed by atoms with Crippen LogP contribution in [0.1, 0.15) is 37.8 Å². The molecule has 0 aliphatic carbocycles. The van der Waals surface area contributed by atoms with E-state index in [-0.39, 0.29) is 5.92 Å². The summed E-state index contributed by atoms with van der Waals surface area (Å²) < 4.78 is 5.21. The molecular weight excluding hydrogens is 240 g/mol. The predicted molar refractivity (Wildman–Crippen MR) is 77.2 cm³/mol. The normalized spacial score (nSPS) is 12.9. The number of carbonyl (C=O) groups excluding carboxylic acids is 1. The fraction of sp³-hybridized carbons (Fsp3) is 0.533. The van der Waals surface area contributed by atoms with E-state index in [9.17, 15) is 4.79 Å². The first kappa shape index (κ1) is 15.5. The molecule has 1 aromatic rings. The van der Waals surface area contributed by atoms with Crippen LogP contribution in [-0.4, -0.2) is 24.8 Å². The lowest BCUT2D eigenvalue weighted by Crippen LogP contribution is -2.36. The highest BCUT2D eigenvalue weighted by Crippen LogP contribution is 2.18. The monoisotopic (exact) mass is 264 g/mol. The van der Waals surface area contributed by atoms with Crippen molar-refractivity contribution in [1.29, 1.82) is 0 Å². The Kier molecular flexibility index (Phi) is 5.36. The van der Waals surface area contributed by atoms with Crippen molar-refractivity contribution in [3.63, 3.8) is 0 Å². The topological polar surface area (TPSA) is 64.3 Å². The van der Waals surface area contributed by atoms with Gasteiger partial charge in [-0.25, -0.2) is 4.79 Å². The zero-order valence-corrected chi connectivity index (χ0v) is 12.2. The highest BCUT2D eigenvalue weighted by atomic mass is 16.6. The second-order valence-corrected chi connectivity index (χ2v) is 5.67. The summed E-state index contributed by atoms with van der Waals surface area (Å²) >= 11 is 0. The Morgan fingerprint density at radius 1 is 1.37 bits per heavy atom. The van der Waals surface area contributed by atoms with Gasteiger partial charge in [0, 0.05) is 19.0 Å². The van der Waals surface area contributed by atoms with E-state index >= 15 is 0 Å². The van der Waals surface area contributed by atoms with Crippen molar-refractivity contribution >= 4 is 6.09 Å². The van der Waals surface area contributed by atoms with Crippen LogP contribution in [0, 0.1) is 6.92 Å². The molecule has 1 aromatic carbocycles. The van der Waals surface area contributed by atoms with Crippen molar-refractivity contribution in [2.75, 3.05) is 13.1 Å². The maximum Gasteiger partial charge on any atom is 0.407 e. The van der Waals surface area contributed by atoms with Crippen molar-refractivity contribution in [3.8, 4) is 0 Å². The van der Waals surface area contributed by atoms with E-state index < -0.39 is 11.7 Å². The van der Waals surface area contributed by atoms with Gasteiger partial charge in [0.15, 0.2) is 0 Å². The lowest BCUT2D eigenvalue weighted by molar-refractivity contribution is 0.0525. The molecule has 0 aliphatic rings. The molecule has 4 nitrogen and oxygen atoms in total. The molecule has 1 amide bonds. The molecule has 1 rings (SSSR count). The summed E-state index contributed by atoms with van der Waals surface area (Å²) in [5.74, 6) is 0.105. The van der Waals surface area contributed by atoms with E-state index in [0.717, 1.165) is 0 Å². The van der Waals surface area contributed by atoms with Crippen LogP contribution in [0.25, 0.3) is 0 Å². The van der Waals surface area contributed by atoms with Gasteiger partial charge in [-0.2, -0.15) is 0 Å². The first-order valence-corrected chi connectivity index (χ1v) is 6.56. The third-order valence-electron chi connectivity index (χ3n) is 2.80. The van der Waals surface area contributed by atoms with Crippen LogP contribution in [0.5, 0.6) is 0 Å². The standard InChI is InChI=1S/C15H24N2O2/c1-11-7-5-6-8-13(11)12(9-16)10-17-14(18)19-15(2,3)4/h5-8,12H,9-10,16H2,1-4H3,(H,17,18). The smallest absolute Gasteiger partial charge is 0.407 e. The third kappa shape index (κ3) is 5.30. The Morgan fingerprint density at radius 3 is 2.53 bits per heavy atom. The van der Waals surface area contributed by atoms with Gasteiger partial charge in [0.1, 0.15) is 5.60 Å². The Balaban J connectivity index is 2.59. The lowest BCUT2D eigenvalue weighted by atomic mass is 9.95. The molecule has 1 unspecified atom stereocenters. The Labute approximate surface area is 115 Å². The Hall–Kier alpha value is -1.55. The third-order valence-corrected chi connectivity index (χ3v) is 2.80. The number of nitrogens with one attached hydrogen (secondary N) is 1. The zero-order chi connectivity index (χ0) is 14.5. The van der Waals surface area contributed by atoms with Gasteiger partial charge < -0.3 is 15.8 Å². The SMILES string of the molecule is Cc1ccccc1C(CN)CNC(=O)OC(C)(C)C. The fourth-order valence-corrected chi connectivity index (χ4v) is 1.89. The summed E-state index contributed by atoms with van der Waals surface area (Å²) in [4.78, 5) is 11.6. The number of ether oxygens (including phenoxy) is 1. The van der Waals surface area contributed by atoms with Crippen molar-refractivity contribution in [1.82, 2.24) is 5.32 Å².